The van der Waals surface area contributed by atoms with Crippen molar-refractivity contribution in [3.05, 3.63) is 45.8 Å². The van der Waals surface area contributed by atoms with Crippen molar-refractivity contribution in [3.8, 4) is 5.75 Å². The minimum Gasteiger partial charge on any atom is -0.496 e. The molecule has 1 aromatic heterocycles. The van der Waals surface area contributed by atoms with Crippen LogP contribution in [-0.4, -0.2) is 17.1 Å². The number of nitrogens with zero attached hydrogens (tertiary/aromatic N) is 2. The second kappa shape index (κ2) is 6.77. The molecule has 1 heterocycles. The van der Waals surface area contributed by atoms with Gasteiger partial charge in [-0.2, -0.15) is 0 Å². The van der Waals surface area contributed by atoms with Crippen LogP contribution in [0.2, 0.25) is 10.2 Å². The molecular weight excluding hydrogens is 297 g/mol. The summed E-state index contributed by atoms with van der Waals surface area (Å²) in [6.07, 6.45) is 0.727. The van der Waals surface area contributed by atoms with Crippen molar-refractivity contribution in [1.29, 1.82) is 0 Å². The highest BCUT2D eigenvalue weighted by Gasteiger charge is 2.08. The Morgan fingerprint density at radius 2 is 2.05 bits per heavy atom. The molecule has 0 radical (unpaired) electrons. The topological polar surface area (TPSA) is 47.0 Å². The SMILES string of the molecule is CCc1nc(Cl)cc(NCc2c(Cl)cccc2OC)n1. The number of anilines is 1. The Balaban J connectivity index is 2.19. The molecule has 0 aliphatic heterocycles. The summed E-state index contributed by atoms with van der Waals surface area (Å²) in [4.78, 5) is 8.48. The van der Waals surface area contributed by atoms with Crippen LogP contribution in [0.25, 0.3) is 0 Å². The standard InChI is InChI=1S/C14H15Cl2N3O/c1-3-13-18-12(16)7-14(19-13)17-8-9-10(15)5-4-6-11(9)20-2/h4-7H,3,8H2,1-2H3,(H,17,18,19). The first-order chi connectivity index (χ1) is 9.63. The van der Waals surface area contributed by atoms with Gasteiger partial charge in [0, 0.05) is 29.6 Å². The van der Waals surface area contributed by atoms with Gasteiger partial charge in [-0.15, -0.1) is 0 Å². The lowest BCUT2D eigenvalue weighted by Gasteiger charge is -2.12. The fraction of sp³-hybridized carbons (Fsp3) is 0.286. The van der Waals surface area contributed by atoms with E-state index in [1.165, 1.54) is 0 Å². The fourth-order valence-electron chi connectivity index (χ4n) is 1.79. The highest BCUT2D eigenvalue weighted by atomic mass is 35.5. The summed E-state index contributed by atoms with van der Waals surface area (Å²) in [5.74, 6) is 2.11. The van der Waals surface area contributed by atoms with E-state index in [4.69, 9.17) is 27.9 Å². The van der Waals surface area contributed by atoms with Gasteiger partial charge in [-0.25, -0.2) is 9.97 Å². The van der Waals surface area contributed by atoms with Crippen molar-refractivity contribution in [2.45, 2.75) is 19.9 Å². The van der Waals surface area contributed by atoms with Crippen LogP contribution < -0.4 is 10.1 Å². The normalized spacial score (nSPS) is 10.4. The Morgan fingerprint density at radius 1 is 1.25 bits per heavy atom. The molecule has 0 unspecified atom stereocenters. The molecule has 0 bridgehead atoms. The predicted molar refractivity (Wildman–Crippen MR) is 81.8 cm³/mol. The van der Waals surface area contributed by atoms with E-state index in [9.17, 15) is 0 Å². The summed E-state index contributed by atoms with van der Waals surface area (Å²) in [6, 6.07) is 7.23. The Labute approximate surface area is 128 Å². The zero-order valence-electron chi connectivity index (χ0n) is 11.3. The molecule has 4 nitrogen and oxygen atoms in total. The molecular formula is C14H15Cl2N3O. The smallest absolute Gasteiger partial charge is 0.134 e. The van der Waals surface area contributed by atoms with E-state index in [2.05, 4.69) is 15.3 Å². The van der Waals surface area contributed by atoms with Crippen LogP contribution >= 0.6 is 23.2 Å². The molecule has 0 aliphatic carbocycles. The van der Waals surface area contributed by atoms with E-state index in [0.717, 1.165) is 17.7 Å². The highest BCUT2D eigenvalue weighted by Crippen LogP contribution is 2.27. The van der Waals surface area contributed by atoms with Gasteiger partial charge in [0.1, 0.15) is 22.5 Å². The Bertz CT molecular complexity index is 605. The third-order valence-electron chi connectivity index (χ3n) is 2.80. The molecule has 106 valence electrons. The van der Waals surface area contributed by atoms with Crippen LogP contribution in [0.4, 0.5) is 5.82 Å². The number of methoxy groups -OCH3 is 1. The predicted octanol–water partition coefficient (Wildman–Crippen LogP) is 3.97. The van der Waals surface area contributed by atoms with Gasteiger partial charge in [-0.1, -0.05) is 36.2 Å². The first-order valence-electron chi connectivity index (χ1n) is 6.22. The van der Waals surface area contributed by atoms with Crippen molar-refractivity contribution in [2.24, 2.45) is 0 Å². The van der Waals surface area contributed by atoms with E-state index in [1.807, 2.05) is 25.1 Å². The number of hydrogen-bond acceptors (Lipinski definition) is 4. The quantitative estimate of drug-likeness (QED) is 0.849. The third kappa shape index (κ3) is 3.52. The minimum atomic E-state index is 0.422. The molecule has 2 rings (SSSR count). The van der Waals surface area contributed by atoms with E-state index < -0.39 is 0 Å². The molecule has 0 amide bonds. The number of ether oxygens (including phenoxy) is 1. The number of halogens is 2. The maximum Gasteiger partial charge on any atom is 0.134 e. The largest absolute Gasteiger partial charge is 0.496 e. The lowest BCUT2D eigenvalue weighted by molar-refractivity contribution is 0.410. The number of rotatable bonds is 5. The fourth-order valence-corrected chi connectivity index (χ4v) is 2.23. The first-order valence-corrected chi connectivity index (χ1v) is 6.98. The lowest BCUT2D eigenvalue weighted by atomic mass is 10.2. The maximum atomic E-state index is 6.19. The molecule has 0 aliphatic rings. The minimum absolute atomic E-state index is 0.422. The zero-order chi connectivity index (χ0) is 14.5. The Hall–Kier alpha value is -1.52. The second-order valence-corrected chi connectivity index (χ2v) is 4.91. The molecule has 0 atom stereocenters. The summed E-state index contributed by atoms with van der Waals surface area (Å²) >= 11 is 12.1. The zero-order valence-corrected chi connectivity index (χ0v) is 12.8. The Morgan fingerprint density at radius 3 is 2.75 bits per heavy atom. The number of nitrogens with one attached hydrogen (secondary N) is 1. The van der Waals surface area contributed by atoms with Crippen LogP contribution in [-0.2, 0) is 13.0 Å². The summed E-state index contributed by atoms with van der Waals surface area (Å²) < 4.78 is 5.30. The molecule has 0 saturated carbocycles. The van der Waals surface area contributed by atoms with Crippen molar-refractivity contribution in [3.63, 3.8) is 0 Å². The molecule has 20 heavy (non-hydrogen) atoms. The average molecular weight is 312 g/mol. The van der Waals surface area contributed by atoms with Crippen LogP contribution in [0, 0.1) is 0 Å². The maximum absolute atomic E-state index is 6.19. The second-order valence-electron chi connectivity index (χ2n) is 4.12. The van der Waals surface area contributed by atoms with Crippen molar-refractivity contribution in [2.75, 3.05) is 12.4 Å². The van der Waals surface area contributed by atoms with Gasteiger partial charge in [-0.3, -0.25) is 0 Å². The summed E-state index contributed by atoms with van der Waals surface area (Å²) in [6.45, 7) is 2.48. The van der Waals surface area contributed by atoms with E-state index in [1.54, 1.807) is 13.2 Å². The lowest BCUT2D eigenvalue weighted by Crippen LogP contribution is -2.06. The molecule has 2 aromatic rings. The summed E-state index contributed by atoms with van der Waals surface area (Å²) in [7, 11) is 1.62. The van der Waals surface area contributed by atoms with Gasteiger partial charge in [0.25, 0.3) is 0 Å². The van der Waals surface area contributed by atoms with Crippen molar-refractivity contribution in [1.82, 2.24) is 9.97 Å². The van der Waals surface area contributed by atoms with Gasteiger partial charge in [-0.05, 0) is 12.1 Å². The van der Waals surface area contributed by atoms with Gasteiger partial charge < -0.3 is 10.1 Å². The van der Waals surface area contributed by atoms with Crippen LogP contribution in [0.15, 0.2) is 24.3 Å². The van der Waals surface area contributed by atoms with Gasteiger partial charge in [0.2, 0.25) is 0 Å². The molecule has 0 spiro atoms. The molecule has 1 aromatic carbocycles. The number of aryl methyl sites for hydroxylation is 1. The number of aromatic nitrogens is 2. The third-order valence-corrected chi connectivity index (χ3v) is 3.35. The van der Waals surface area contributed by atoms with Crippen molar-refractivity contribution < 1.29 is 4.74 Å². The van der Waals surface area contributed by atoms with Gasteiger partial charge in [0.15, 0.2) is 0 Å². The van der Waals surface area contributed by atoms with E-state index >= 15 is 0 Å². The van der Waals surface area contributed by atoms with E-state index in [-0.39, 0.29) is 0 Å². The molecule has 6 heteroatoms. The molecule has 0 fully saturated rings. The summed E-state index contributed by atoms with van der Waals surface area (Å²) in [5.41, 5.74) is 0.879. The monoisotopic (exact) mass is 311 g/mol. The van der Waals surface area contributed by atoms with Gasteiger partial charge >= 0.3 is 0 Å². The molecule has 1 N–H and O–H groups in total. The van der Waals surface area contributed by atoms with Crippen molar-refractivity contribution >= 4 is 29.0 Å². The molecule has 0 saturated heterocycles. The van der Waals surface area contributed by atoms with Crippen LogP contribution in [0.5, 0.6) is 5.75 Å². The first kappa shape index (κ1) is 14.9. The van der Waals surface area contributed by atoms with Crippen LogP contribution in [0.3, 0.4) is 0 Å². The number of benzene rings is 1. The number of hydrogen-bond donors (Lipinski definition) is 1. The Kier molecular flexibility index (Phi) is 5.04. The summed E-state index contributed by atoms with van der Waals surface area (Å²) in [5, 5.41) is 4.26. The average Bonchev–Trinajstić information content (AvgIpc) is 2.45. The van der Waals surface area contributed by atoms with Crippen LogP contribution in [0.1, 0.15) is 18.3 Å². The van der Waals surface area contributed by atoms with Gasteiger partial charge in [0.05, 0.1) is 7.11 Å². The van der Waals surface area contributed by atoms with E-state index in [0.29, 0.717) is 28.4 Å². The highest BCUT2D eigenvalue weighted by molar-refractivity contribution is 6.31.